The molecule has 1 fully saturated rings. The molecule has 1 atom stereocenters. The Hall–Kier alpha value is -0.740. The highest BCUT2D eigenvalue weighted by Gasteiger charge is 2.29. The summed E-state index contributed by atoms with van der Waals surface area (Å²) in [6, 6.07) is 5.78. The lowest BCUT2D eigenvalue weighted by Gasteiger charge is -2.24. The fourth-order valence-electron chi connectivity index (χ4n) is 1.93. The maximum absolute atomic E-state index is 5.72. The highest BCUT2D eigenvalue weighted by atomic mass is 79.9. The number of hydrogen-bond acceptors (Lipinski definition) is 3. The van der Waals surface area contributed by atoms with Gasteiger partial charge in [0.05, 0.1) is 5.60 Å². The van der Waals surface area contributed by atoms with Crippen molar-refractivity contribution in [3.63, 3.8) is 0 Å². The fourth-order valence-corrected chi connectivity index (χ4v) is 2.47. The summed E-state index contributed by atoms with van der Waals surface area (Å²) in [7, 11) is 0. The first-order valence-corrected chi connectivity index (χ1v) is 6.31. The first kappa shape index (κ1) is 11.7. The number of anilines is 2. The average Bonchev–Trinajstić information content (AvgIpc) is 2.64. The Morgan fingerprint density at radius 1 is 1.56 bits per heavy atom. The molecular formula is C12H17BrN2O. The van der Waals surface area contributed by atoms with Crippen molar-refractivity contribution in [2.24, 2.45) is 0 Å². The second-order valence-electron chi connectivity index (χ2n) is 4.49. The van der Waals surface area contributed by atoms with Crippen LogP contribution in [-0.2, 0) is 4.74 Å². The van der Waals surface area contributed by atoms with Crippen molar-refractivity contribution in [1.82, 2.24) is 0 Å². The Balaban J connectivity index is 1.99. The van der Waals surface area contributed by atoms with Gasteiger partial charge in [-0.2, -0.15) is 0 Å². The van der Waals surface area contributed by atoms with Crippen molar-refractivity contribution in [1.29, 1.82) is 0 Å². The molecule has 1 aromatic rings. The van der Waals surface area contributed by atoms with E-state index in [1.807, 2.05) is 18.2 Å². The van der Waals surface area contributed by atoms with Crippen molar-refractivity contribution in [3.05, 3.63) is 22.7 Å². The number of hydrogen-bond donors (Lipinski definition) is 2. The van der Waals surface area contributed by atoms with E-state index in [2.05, 4.69) is 28.2 Å². The number of nitrogens with two attached hydrogens (primary N) is 1. The van der Waals surface area contributed by atoms with Gasteiger partial charge in [-0.05, 0) is 53.9 Å². The monoisotopic (exact) mass is 284 g/mol. The standard InChI is InChI=1S/C12H17BrN2O/c1-12(5-2-6-16-12)8-15-11-4-3-9(14)7-10(11)13/h3-4,7,15H,2,5-6,8,14H2,1H3. The molecule has 0 spiro atoms. The van der Waals surface area contributed by atoms with E-state index in [4.69, 9.17) is 10.5 Å². The predicted molar refractivity (Wildman–Crippen MR) is 70.6 cm³/mol. The Morgan fingerprint density at radius 2 is 2.38 bits per heavy atom. The zero-order valence-electron chi connectivity index (χ0n) is 9.42. The molecule has 1 unspecified atom stereocenters. The van der Waals surface area contributed by atoms with Crippen molar-refractivity contribution < 1.29 is 4.74 Å². The van der Waals surface area contributed by atoms with Crippen LogP contribution in [0, 0.1) is 0 Å². The molecule has 2 rings (SSSR count). The quantitative estimate of drug-likeness (QED) is 0.839. The van der Waals surface area contributed by atoms with Gasteiger partial charge < -0.3 is 15.8 Å². The fraction of sp³-hybridized carbons (Fsp3) is 0.500. The molecule has 3 nitrogen and oxygen atoms in total. The van der Waals surface area contributed by atoms with Crippen molar-refractivity contribution in [2.45, 2.75) is 25.4 Å². The van der Waals surface area contributed by atoms with Gasteiger partial charge in [-0.3, -0.25) is 0 Å². The van der Waals surface area contributed by atoms with E-state index < -0.39 is 0 Å². The second kappa shape index (κ2) is 4.63. The number of halogens is 1. The third kappa shape index (κ3) is 2.68. The average molecular weight is 285 g/mol. The molecule has 1 aliphatic heterocycles. The summed E-state index contributed by atoms with van der Waals surface area (Å²) in [6.07, 6.45) is 2.27. The topological polar surface area (TPSA) is 47.3 Å². The summed E-state index contributed by atoms with van der Waals surface area (Å²) >= 11 is 3.49. The van der Waals surface area contributed by atoms with Crippen LogP contribution < -0.4 is 11.1 Å². The molecule has 1 aliphatic rings. The first-order chi connectivity index (χ1) is 7.59. The SMILES string of the molecule is CC1(CNc2ccc(N)cc2Br)CCCO1. The van der Waals surface area contributed by atoms with E-state index >= 15 is 0 Å². The van der Waals surface area contributed by atoms with E-state index in [1.54, 1.807) is 0 Å². The van der Waals surface area contributed by atoms with Crippen LogP contribution in [0.3, 0.4) is 0 Å². The van der Waals surface area contributed by atoms with Gasteiger partial charge in [-0.25, -0.2) is 0 Å². The van der Waals surface area contributed by atoms with Crippen LogP contribution in [0.2, 0.25) is 0 Å². The van der Waals surface area contributed by atoms with Crippen molar-refractivity contribution >= 4 is 27.3 Å². The Labute approximate surface area is 104 Å². The third-order valence-electron chi connectivity index (χ3n) is 2.95. The minimum atomic E-state index is -0.0270. The van der Waals surface area contributed by atoms with Crippen LogP contribution in [-0.4, -0.2) is 18.8 Å². The smallest absolute Gasteiger partial charge is 0.0826 e. The molecule has 0 radical (unpaired) electrons. The van der Waals surface area contributed by atoms with Crippen molar-refractivity contribution in [2.75, 3.05) is 24.2 Å². The molecule has 0 amide bonds. The van der Waals surface area contributed by atoms with E-state index in [0.717, 1.165) is 41.8 Å². The molecule has 1 saturated heterocycles. The Kier molecular flexibility index (Phi) is 3.40. The van der Waals surface area contributed by atoms with E-state index in [0.29, 0.717) is 0 Å². The zero-order chi connectivity index (χ0) is 11.6. The summed E-state index contributed by atoms with van der Waals surface area (Å²) in [4.78, 5) is 0. The Morgan fingerprint density at radius 3 is 3.00 bits per heavy atom. The molecular weight excluding hydrogens is 268 g/mol. The molecule has 1 heterocycles. The maximum atomic E-state index is 5.72. The van der Waals surface area contributed by atoms with Crippen LogP contribution in [0.25, 0.3) is 0 Å². The number of nitrogens with one attached hydrogen (secondary N) is 1. The zero-order valence-corrected chi connectivity index (χ0v) is 11.0. The summed E-state index contributed by atoms with van der Waals surface area (Å²) in [5.41, 5.74) is 7.49. The van der Waals surface area contributed by atoms with Crippen LogP contribution in [0.15, 0.2) is 22.7 Å². The van der Waals surface area contributed by atoms with Gasteiger partial charge in [0.1, 0.15) is 0 Å². The number of ether oxygens (including phenoxy) is 1. The van der Waals surface area contributed by atoms with Gasteiger partial charge in [0.2, 0.25) is 0 Å². The number of benzene rings is 1. The van der Waals surface area contributed by atoms with E-state index in [9.17, 15) is 0 Å². The summed E-state index contributed by atoms with van der Waals surface area (Å²) in [6.45, 7) is 3.86. The molecule has 0 aliphatic carbocycles. The molecule has 3 N–H and O–H groups in total. The van der Waals surface area contributed by atoms with Crippen molar-refractivity contribution in [3.8, 4) is 0 Å². The highest BCUT2D eigenvalue weighted by molar-refractivity contribution is 9.10. The van der Waals surface area contributed by atoms with Crippen LogP contribution in [0.1, 0.15) is 19.8 Å². The summed E-state index contributed by atoms with van der Waals surface area (Å²) < 4.78 is 6.72. The molecule has 16 heavy (non-hydrogen) atoms. The van der Waals surface area contributed by atoms with Gasteiger partial charge in [0.15, 0.2) is 0 Å². The van der Waals surface area contributed by atoms with Gasteiger partial charge in [0.25, 0.3) is 0 Å². The predicted octanol–water partition coefficient (Wildman–Crippen LogP) is 3.01. The molecule has 0 aromatic heterocycles. The molecule has 0 bridgehead atoms. The van der Waals surface area contributed by atoms with Gasteiger partial charge in [-0.15, -0.1) is 0 Å². The highest BCUT2D eigenvalue weighted by Crippen LogP contribution is 2.28. The number of nitrogen functional groups attached to an aromatic ring is 1. The van der Waals surface area contributed by atoms with Gasteiger partial charge in [0, 0.05) is 29.0 Å². The minimum Gasteiger partial charge on any atom is -0.399 e. The Bertz CT molecular complexity index is 375. The largest absolute Gasteiger partial charge is 0.399 e. The summed E-state index contributed by atoms with van der Waals surface area (Å²) in [5, 5.41) is 3.40. The lowest BCUT2D eigenvalue weighted by Crippen LogP contribution is -2.32. The maximum Gasteiger partial charge on any atom is 0.0826 e. The molecule has 1 aromatic carbocycles. The number of rotatable bonds is 3. The molecule has 4 heteroatoms. The molecule has 88 valence electrons. The lowest BCUT2D eigenvalue weighted by atomic mass is 10.0. The van der Waals surface area contributed by atoms with Gasteiger partial charge >= 0.3 is 0 Å². The second-order valence-corrected chi connectivity index (χ2v) is 5.35. The first-order valence-electron chi connectivity index (χ1n) is 5.52. The third-order valence-corrected chi connectivity index (χ3v) is 3.60. The minimum absolute atomic E-state index is 0.0270. The van der Waals surface area contributed by atoms with Crippen LogP contribution >= 0.6 is 15.9 Å². The van der Waals surface area contributed by atoms with E-state index in [1.165, 1.54) is 0 Å². The molecule has 0 saturated carbocycles. The summed E-state index contributed by atoms with van der Waals surface area (Å²) in [5.74, 6) is 0. The lowest BCUT2D eigenvalue weighted by molar-refractivity contribution is 0.0315. The van der Waals surface area contributed by atoms with Crippen LogP contribution in [0.5, 0.6) is 0 Å². The van der Waals surface area contributed by atoms with Crippen LogP contribution in [0.4, 0.5) is 11.4 Å². The van der Waals surface area contributed by atoms with E-state index in [-0.39, 0.29) is 5.60 Å². The normalized spacial score (nSPS) is 24.6. The van der Waals surface area contributed by atoms with Gasteiger partial charge in [-0.1, -0.05) is 0 Å².